The Balaban J connectivity index is 2.27. The van der Waals surface area contributed by atoms with Gasteiger partial charge in [-0.05, 0) is 48.0 Å². The predicted octanol–water partition coefficient (Wildman–Crippen LogP) is 1.92. The molecule has 0 saturated carbocycles. The lowest BCUT2D eigenvalue weighted by molar-refractivity contribution is -0.160. The van der Waals surface area contributed by atoms with Gasteiger partial charge in [0.05, 0.1) is 12.6 Å². The number of esters is 1. The average molecular weight is 341 g/mol. The molecule has 136 valence electrons. The largest absolute Gasteiger partial charge is 0.458 e. The van der Waals surface area contributed by atoms with Crippen LogP contribution in [0.1, 0.15) is 48.0 Å². The Morgan fingerprint density at radius 1 is 1.08 bits per heavy atom. The zero-order valence-corrected chi connectivity index (χ0v) is 15.2. The van der Waals surface area contributed by atoms with Crippen molar-refractivity contribution >= 4 is 18.3 Å². The summed E-state index contributed by atoms with van der Waals surface area (Å²) in [6, 6.07) is -1.33. The number of carbonyl (C=O) groups is 3. The van der Waals surface area contributed by atoms with Crippen LogP contribution in [0.5, 0.6) is 0 Å². The zero-order valence-electron chi connectivity index (χ0n) is 15.2. The molecule has 24 heavy (non-hydrogen) atoms. The molecule has 7 nitrogen and oxygen atoms in total. The van der Waals surface area contributed by atoms with E-state index in [2.05, 4.69) is 0 Å². The minimum Gasteiger partial charge on any atom is -0.458 e. The number of nitrogens with zero attached hydrogens (tertiary/aromatic N) is 1. The first-order valence-electron chi connectivity index (χ1n) is 8.24. The molecule has 0 N–H and O–H groups in total. The summed E-state index contributed by atoms with van der Waals surface area (Å²) in [4.78, 5) is 38.0. The highest BCUT2D eigenvalue weighted by atomic mass is 16.6. The van der Waals surface area contributed by atoms with E-state index in [9.17, 15) is 14.4 Å². The quantitative estimate of drug-likeness (QED) is 0.443. The van der Waals surface area contributed by atoms with Gasteiger partial charge in [-0.3, -0.25) is 4.90 Å². The van der Waals surface area contributed by atoms with Crippen molar-refractivity contribution in [1.29, 1.82) is 0 Å². The molecular formula is C17H27NO6. The number of amides is 1. The van der Waals surface area contributed by atoms with Crippen LogP contribution in [0, 0.1) is 5.92 Å². The van der Waals surface area contributed by atoms with E-state index < -0.39 is 41.3 Å². The van der Waals surface area contributed by atoms with Crippen LogP contribution < -0.4 is 0 Å². The second-order valence-corrected chi connectivity index (χ2v) is 8.33. The molecule has 0 aromatic heterocycles. The Kier molecular flexibility index (Phi) is 4.95. The molecule has 2 rings (SSSR count). The predicted molar refractivity (Wildman–Crippen MR) is 85.4 cm³/mol. The maximum Gasteiger partial charge on any atom is 0.411 e. The molecule has 0 aromatic rings. The molecular weight excluding hydrogens is 314 g/mol. The molecule has 0 bridgehead atoms. The monoisotopic (exact) mass is 341 g/mol. The Bertz CT molecular complexity index is 514. The maximum atomic E-state index is 12.7. The average Bonchev–Trinajstić information content (AvgIpc) is 3.13. The molecule has 2 fully saturated rings. The molecule has 0 aromatic carbocycles. The first-order chi connectivity index (χ1) is 10.9. The van der Waals surface area contributed by atoms with Gasteiger partial charge in [-0.1, -0.05) is 0 Å². The standard InChI is InChI=1S/C17H27NO6/c1-16(2,3)23-14(20)11-7-10(8-19)13(12-9-22-12)18(11)15(21)24-17(4,5)6/h8,10-13H,7,9H2,1-6H3/t10-,11+,12?,13+/m1/s1. The summed E-state index contributed by atoms with van der Waals surface area (Å²) in [5, 5.41) is 0. The van der Waals surface area contributed by atoms with Crippen molar-refractivity contribution in [3.05, 3.63) is 0 Å². The molecule has 0 aliphatic carbocycles. The zero-order chi connectivity index (χ0) is 18.3. The molecule has 4 atom stereocenters. The topological polar surface area (TPSA) is 85.4 Å². The van der Waals surface area contributed by atoms with E-state index in [0.717, 1.165) is 6.29 Å². The SMILES string of the molecule is CC(C)(C)OC(=O)[C@@H]1C[C@H](C=O)[C@@H](C2CO2)N1C(=O)OC(C)(C)C. The van der Waals surface area contributed by atoms with Crippen molar-refractivity contribution in [1.82, 2.24) is 4.90 Å². The number of likely N-dealkylation sites (tertiary alicyclic amines) is 1. The fraction of sp³-hybridized carbons (Fsp3) is 0.824. The highest BCUT2D eigenvalue weighted by Gasteiger charge is 2.55. The minimum atomic E-state index is -0.844. The number of aldehydes is 1. The number of hydrogen-bond donors (Lipinski definition) is 0. The molecule has 0 spiro atoms. The first-order valence-corrected chi connectivity index (χ1v) is 8.24. The highest BCUT2D eigenvalue weighted by Crippen LogP contribution is 2.38. The Hall–Kier alpha value is -1.63. The number of hydrogen-bond acceptors (Lipinski definition) is 6. The third-order valence-electron chi connectivity index (χ3n) is 3.79. The summed E-state index contributed by atoms with van der Waals surface area (Å²) in [7, 11) is 0. The molecule has 2 aliphatic rings. The van der Waals surface area contributed by atoms with E-state index in [1.165, 1.54) is 4.90 Å². The molecule has 1 amide bonds. The normalized spacial score (nSPS) is 30.0. The number of rotatable bonds is 3. The van der Waals surface area contributed by atoms with E-state index in [-0.39, 0.29) is 12.5 Å². The Morgan fingerprint density at radius 3 is 2.04 bits per heavy atom. The maximum absolute atomic E-state index is 12.7. The van der Waals surface area contributed by atoms with Crippen LogP contribution in [-0.2, 0) is 23.8 Å². The molecule has 7 heteroatoms. The van der Waals surface area contributed by atoms with E-state index in [4.69, 9.17) is 14.2 Å². The molecule has 2 aliphatic heterocycles. The van der Waals surface area contributed by atoms with Crippen molar-refractivity contribution in [2.45, 2.75) is 77.4 Å². The number of carbonyl (C=O) groups excluding carboxylic acids is 3. The van der Waals surface area contributed by atoms with Crippen LogP contribution in [0.25, 0.3) is 0 Å². The smallest absolute Gasteiger partial charge is 0.411 e. The van der Waals surface area contributed by atoms with E-state index >= 15 is 0 Å². The molecule has 1 unspecified atom stereocenters. The van der Waals surface area contributed by atoms with Crippen LogP contribution in [-0.4, -0.2) is 59.2 Å². The Morgan fingerprint density at radius 2 is 1.62 bits per heavy atom. The third kappa shape index (κ3) is 4.47. The summed E-state index contributed by atoms with van der Waals surface area (Å²) < 4.78 is 16.2. The van der Waals surface area contributed by atoms with Crippen molar-refractivity contribution < 1.29 is 28.6 Å². The molecule has 0 radical (unpaired) electrons. The van der Waals surface area contributed by atoms with Crippen LogP contribution in [0.2, 0.25) is 0 Å². The van der Waals surface area contributed by atoms with Crippen molar-refractivity contribution in [3.8, 4) is 0 Å². The van der Waals surface area contributed by atoms with Gasteiger partial charge in [0.15, 0.2) is 0 Å². The van der Waals surface area contributed by atoms with Gasteiger partial charge >= 0.3 is 12.1 Å². The van der Waals surface area contributed by atoms with Crippen LogP contribution in [0.3, 0.4) is 0 Å². The summed E-state index contributed by atoms with van der Waals surface area (Å²) >= 11 is 0. The summed E-state index contributed by atoms with van der Waals surface area (Å²) in [5.41, 5.74) is -1.38. The second-order valence-electron chi connectivity index (χ2n) is 8.33. The van der Waals surface area contributed by atoms with Crippen molar-refractivity contribution in [2.75, 3.05) is 6.61 Å². The summed E-state index contributed by atoms with van der Waals surface area (Å²) in [5.74, 6) is -0.995. The minimum absolute atomic E-state index is 0.224. The lowest BCUT2D eigenvalue weighted by atomic mass is 9.98. The van der Waals surface area contributed by atoms with Crippen molar-refractivity contribution in [3.63, 3.8) is 0 Å². The van der Waals surface area contributed by atoms with Gasteiger partial charge in [-0.25, -0.2) is 9.59 Å². The van der Waals surface area contributed by atoms with Gasteiger partial charge in [-0.15, -0.1) is 0 Å². The summed E-state index contributed by atoms with van der Waals surface area (Å²) in [6.07, 6.45) is 0.152. The van der Waals surface area contributed by atoms with Gasteiger partial charge < -0.3 is 19.0 Å². The van der Waals surface area contributed by atoms with Gasteiger partial charge in [0.2, 0.25) is 0 Å². The first kappa shape index (κ1) is 18.7. The van der Waals surface area contributed by atoms with Gasteiger partial charge in [0.1, 0.15) is 29.6 Å². The van der Waals surface area contributed by atoms with Crippen LogP contribution in [0.4, 0.5) is 4.79 Å². The fourth-order valence-electron chi connectivity index (χ4n) is 2.91. The van der Waals surface area contributed by atoms with Gasteiger partial charge in [-0.2, -0.15) is 0 Å². The van der Waals surface area contributed by atoms with Crippen molar-refractivity contribution in [2.24, 2.45) is 5.92 Å². The third-order valence-corrected chi connectivity index (χ3v) is 3.79. The lowest BCUT2D eigenvalue weighted by Crippen LogP contribution is -2.51. The van der Waals surface area contributed by atoms with Gasteiger partial charge in [0.25, 0.3) is 0 Å². The molecule has 2 saturated heterocycles. The summed E-state index contributed by atoms with van der Waals surface area (Å²) in [6.45, 7) is 11.0. The fourth-order valence-corrected chi connectivity index (χ4v) is 2.91. The lowest BCUT2D eigenvalue weighted by Gasteiger charge is -2.32. The number of ether oxygens (including phenoxy) is 3. The van der Waals surface area contributed by atoms with E-state index in [1.807, 2.05) is 0 Å². The Labute approximate surface area is 142 Å². The van der Waals surface area contributed by atoms with Crippen LogP contribution in [0.15, 0.2) is 0 Å². The van der Waals surface area contributed by atoms with Crippen LogP contribution >= 0.6 is 0 Å². The highest BCUT2D eigenvalue weighted by molar-refractivity contribution is 5.84. The molecule has 2 heterocycles. The van der Waals surface area contributed by atoms with Gasteiger partial charge in [0, 0.05) is 5.92 Å². The number of epoxide rings is 1. The van der Waals surface area contributed by atoms with E-state index in [1.54, 1.807) is 41.5 Å². The van der Waals surface area contributed by atoms with E-state index in [0.29, 0.717) is 6.61 Å². The second kappa shape index (κ2) is 6.35.